The van der Waals surface area contributed by atoms with Crippen LogP contribution in [0.2, 0.25) is 5.15 Å². The van der Waals surface area contributed by atoms with Gasteiger partial charge in [0.1, 0.15) is 17.1 Å². The minimum atomic E-state index is -0.201. The number of amides is 1. The van der Waals surface area contributed by atoms with Crippen molar-refractivity contribution in [1.82, 2.24) is 19.4 Å². The van der Waals surface area contributed by atoms with Crippen LogP contribution < -0.4 is 0 Å². The minimum Gasteiger partial charge on any atom is -0.449 e. The molecule has 0 bridgehead atoms. The number of carbonyl (C=O) groups is 1. The molecule has 8 heteroatoms. The average Bonchev–Trinajstić information content (AvgIpc) is 3.15. The molecule has 1 saturated heterocycles. The highest BCUT2D eigenvalue weighted by molar-refractivity contribution is 14.1. The fourth-order valence-electron chi connectivity index (χ4n) is 3.29. The van der Waals surface area contributed by atoms with E-state index in [1.807, 2.05) is 4.90 Å². The highest BCUT2D eigenvalue weighted by Crippen LogP contribution is 2.31. The fraction of sp³-hybridized carbons (Fsp3) is 0.588. The van der Waals surface area contributed by atoms with Crippen LogP contribution in [0.5, 0.6) is 0 Å². The summed E-state index contributed by atoms with van der Waals surface area (Å²) in [5.74, 6) is 0. The summed E-state index contributed by atoms with van der Waals surface area (Å²) in [6.07, 6.45) is 5.18. The zero-order valence-electron chi connectivity index (χ0n) is 14.5. The number of nitrogens with zero attached hydrogens (tertiary/aromatic N) is 4. The van der Waals surface area contributed by atoms with E-state index in [4.69, 9.17) is 16.3 Å². The number of halogens is 2. The number of ether oxygens (including phenoxy) is 1. The lowest BCUT2D eigenvalue weighted by Crippen LogP contribution is -2.38. The SMILES string of the molecule is CCCCOC(=O)N1CCCC1Cn1c(C)c(I)c2c(Cl)ncnc21. The van der Waals surface area contributed by atoms with Crippen LogP contribution in [0.1, 0.15) is 38.3 Å². The van der Waals surface area contributed by atoms with Gasteiger partial charge in [0.25, 0.3) is 0 Å². The number of carbonyl (C=O) groups excluding carboxylic acids is 1. The molecule has 1 unspecified atom stereocenters. The van der Waals surface area contributed by atoms with Crippen molar-refractivity contribution in [3.63, 3.8) is 0 Å². The van der Waals surface area contributed by atoms with Gasteiger partial charge >= 0.3 is 6.09 Å². The van der Waals surface area contributed by atoms with Crippen molar-refractivity contribution in [3.8, 4) is 0 Å². The number of rotatable bonds is 5. The van der Waals surface area contributed by atoms with Crippen LogP contribution in [0.3, 0.4) is 0 Å². The standard InChI is InChI=1S/C17H22ClIN4O2/c1-3-4-8-25-17(24)22-7-5-6-12(22)9-23-11(2)14(19)13-15(18)20-10-21-16(13)23/h10,12H,3-9H2,1-2H3. The molecular formula is C17H22ClIN4O2. The largest absolute Gasteiger partial charge is 0.449 e. The normalized spacial score (nSPS) is 17.4. The zero-order chi connectivity index (χ0) is 18.0. The van der Waals surface area contributed by atoms with Gasteiger partial charge in [0, 0.05) is 22.4 Å². The van der Waals surface area contributed by atoms with Gasteiger partial charge in [-0.1, -0.05) is 24.9 Å². The first-order valence-electron chi connectivity index (χ1n) is 8.62. The summed E-state index contributed by atoms with van der Waals surface area (Å²) >= 11 is 8.55. The van der Waals surface area contributed by atoms with Gasteiger partial charge in [-0.05, 0) is 48.8 Å². The van der Waals surface area contributed by atoms with E-state index in [-0.39, 0.29) is 12.1 Å². The highest BCUT2D eigenvalue weighted by atomic mass is 127. The molecule has 2 aromatic rings. The number of hydrogen-bond donors (Lipinski definition) is 0. The molecule has 0 aliphatic carbocycles. The first-order valence-corrected chi connectivity index (χ1v) is 10.1. The average molecular weight is 477 g/mol. The number of fused-ring (bicyclic) bond motifs is 1. The summed E-state index contributed by atoms with van der Waals surface area (Å²) in [7, 11) is 0. The van der Waals surface area contributed by atoms with Gasteiger partial charge < -0.3 is 14.2 Å². The van der Waals surface area contributed by atoms with Gasteiger partial charge in [-0.2, -0.15) is 0 Å². The smallest absolute Gasteiger partial charge is 0.410 e. The quantitative estimate of drug-likeness (QED) is 0.365. The summed E-state index contributed by atoms with van der Waals surface area (Å²) in [4.78, 5) is 22.7. The molecule has 136 valence electrons. The molecule has 0 N–H and O–H groups in total. The molecule has 0 radical (unpaired) electrons. The number of aromatic nitrogens is 3. The molecular weight excluding hydrogens is 455 g/mol. The van der Waals surface area contributed by atoms with Gasteiger partial charge in [-0.15, -0.1) is 0 Å². The summed E-state index contributed by atoms with van der Waals surface area (Å²) in [6, 6.07) is 0.118. The maximum atomic E-state index is 12.4. The van der Waals surface area contributed by atoms with Gasteiger partial charge in [0.2, 0.25) is 0 Å². The Morgan fingerprint density at radius 1 is 1.48 bits per heavy atom. The van der Waals surface area contributed by atoms with Gasteiger partial charge in [0.15, 0.2) is 0 Å². The first-order chi connectivity index (χ1) is 12.0. The second-order valence-corrected chi connectivity index (χ2v) is 7.77. The summed E-state index contributed by atoms with van der Waals surface area (Å²) < 4.78 is 8.61. The molecule has 2 aromatic heterocycles. The number of hydrogen-bond acceptors (Lipinski definition) is 4. The number of likely N-dealkylation sites (tertiary alicyclic amines) is 1. The van der Waals surface area contributed by atoms with Gasteiger partial charge in [0.05, 0.1) is 18.0 Å². The lowest BCUT2D eigenvalue weighted by atomic mass is 10.2. The third kappa shape index (κ3) is 3.72. The van der Waals surface area contributed by atoms with Crippen LogP contribution in [0.15, 0.2) is 6.33 Å². The van der Waals surface area contributed by atoms with E-state index in [9.17, 15) is 4.79 Å². The van der Waals surface area contributed by atoms with E-state index >= 15 is 0 Å². The monoisotopic (exact) mass is 476 g/mol. The molecule has 1 aliphatic heterocycles. The Kier molecular flexibility index (Phi) is 6.04. The van der Waals surface area contributed by atoms with E-state index < -0.39 is 0 Å². The van der Waals surface area contributed by atoms with Crippen molar-refractivity contribution in [2.24, 2.45) is 0 Å². The molecule has 1 aliphatic rings. The van der Waals surface area contributed by atoms with E-state index in [2.05, 4.69) is 51.0 Å². The lowest BCUT2D eigenvalue weighted by molar-refractivity contribution is 0.0942. The molecule has 25 heavy (non-hydrogen) atoms. The predicted octanol–water partition coefficient (Wildman–Crippen LogP) is 4.40. The molecule has 6 nitrogen and oxygen atoms in total. The summed E-state index contributed by atoms with van der Waals surface area (Å²) in [5.41, 5.74) is 1.93. The van der Waals surface area contributed by atoms with Crippen LogP contribution in [0, 0.1) is 10.5 Å². The number of unbranched alkanes of at least 4 members (excludes halogenated alkanes) is 1. The van der Waals surface area contributed by atoms with Gasteiger partial charge in [-0.25, -0.2) is 14.8 Å². The second-order valence-electron chi connectivity index (χ2n) is 6.33. The Labute approximate surface area is 166 Å². The molecule has 0 spiro atoms. The van der Waals surface area contributed by atoms with Crippen molar-refractivity contribution in [3.05, 3.63) is 20.7 Å². The molecule has 3 rings (SSSR count). The highest BCUT2D eigenvalue weighted by Gasteiger charge is 2.31. The van der Waals surface area contributed by atoms with Crippen molar-refractivity contribution in [2.75, 3.05) is 13.2 Å². The zero-order valence-corrected chi connectivity index (χ0v) is 17.4. The van der Waals surface area contributed by atoms with Gasteiger partial charge in [-0.3, -0.25) is 0 Å². The van der Waals surface area contributed by atoms with Crippen LogP contribution in [0.4, 0.5) is 4.79 Å². The Morgan fingerprint density at radius 2 is 2.28 bits per heavy atom. The Bertz CT molecular complexity index is 780. The third-order valence-electron chi connectivity index (χ3n) is 4.71. The van der Waals surface area contributed by atoms with Crippen molar-refractivity contribution in [1.29, 1.82) is 0 Å². The molecule has 0 saturated carbocycles. The van der Waals surface area contributed by atoms with E-state index in [0.717, 1.165) is 52.5 Å². The minimum absolute atomic E-state index is 0.118. The maximum Gasteiger partial charge on any atom is 0.410 e. The molecule has 1 amide bonds. The second kappa shape index (κ2) is 8.07. The van der Waals surface area contributed by atoms with Crippen molar-refractivity contribution < 1.29 is 9.53 Å². The van der Waals surface area contributed by atoms with E-state index in [0.29, 0.717) is 18.3 Å². The lowest BCUT2D eigenvalue weighted by Gasteiger charge is -2.25. The summed E-state index contributed by atoms with van der Waals surface area (Å²) in [6.45, 7) is 6.08. The van der Waals surface area contributed by atoms with E-state index in [1.54, 1.807) is 0 Å². The summed E-state index contributed by atoms with van der Waals surface area (Å²) in [5, 5.41) is 1.36. The third-order valence-corrected chi connectivity index (χ3v) is 6.31. The van der Waals surface area contributed by atoms with Crippen LogP contribution in [-0.4, -0.2) is 44.7 Å². The van der Waals surface area contributed by atoms with Crippen LogP contribution in [-0.2, 0) is 11.3 Å². The predicted molar refractivity (Wildman–Crippen MR) is 106 cm³/mol. The Balaban J connectivity index is 1.82. The molecule has 0 aromatic carbocycles. The van der Waals surface area contributed by atoms with E-state index in [1.165, 1.54) is 6.33 Å². The topological polar surface area (TPSA) is 60.2 Å². The Morgan fingerprint density at radius 3 is 3.04 bits per heavy atom. The fourth-order valence-corrected chi connectivity index (χ4v) is 4.46. The van der Waals surface area contributed by atoms with Crippen molar-refractivity contribution >= 4 is 51.3 Å². The Hall–Kier alpha value is -1.09. The van der Waals surface area contributed by atoms with Crippen LogP contribution in [0.25, 0.3) is 11.0 Å². The molecule has 1 atom stereocenters. The maximum absolute atomic E-state index is 12.4. The first kappa shape index (κ1) is 18.7. The molecule has 3 heterocycles. The van der Waals surface area contributed by atoms with Crippen LogP contribution >= 0.6 is 34.2 Å². The van der Waals surface area contributed by atoms with Crippen molar-refractivity contribution in [2.45, 2.75) is 52.1 Å². The molecule has 1 fully saturated rings.